The lowest BCUT2D eigenvalue weighted by Gasteiger charge is -2.38. The first-order valence-electron chi connectivity index (χ1n) is 11.7. The van der Waals surface area contributed by atoms with Crippen LogP contribution in [-0.2, 0) is 16.8 Å². The number of anilines is 1. The average Bonchev–Trinajstić information content (AvgIpc) is 3.11. The summed E-state index contributed by atoms with van der Waals surface area (Å²) in [6, 6.07) is 19.8. The minimum atomic E-state index is -0.483. The first kappa shape index (κ1) is 21.4. The molecule has 6 rings (SSSR count). The number of fused-ring (bicyclic) bond motifs is 3. The SMILES string of the molecule is CN(C)C(=O)c1ccc(-c2c(CN3C(=O)C4(CNC4)c4ccccc43)ncc3ccccc23)cn1. The highest BCUT2D eigenvalue weighted by atomic mass is 16.2. The topological polar surface area (TPSA) is 78.4 Å². The maximum absolute atomic E-state index is 13.7. The standard InChI is InChI=1S/C28H25N5O2/c1-32(2)26(34)22-12-11-19(14-30-22)25-20-8-4-3-7-18(20)13-31-23(25)15-33-24-10-6-5-9-21(24)28(27(33)35)16-29-17-28/h3-14,29H,15-17H2,1-2H3. The molecule has 7 heteroatoms. The van der Waals surface area contributed by atoms with Gasteiger partial charge in [-0.1, -0.05) is 48.5 Å². The summed E-state index contributed by atoms with van der Waals surface area (Å²) in [5.74, 6) is -0.0325. The van der Waals surface area contributed by atoms with E-state index in [1.54, 1.807) is 26.4 Å². The Labute approximate surface area is 203 Å². The monoisotopic (exact) mass is 463 g/mol. The van der Waals surface area contributed by atoms with E-state index in [0.717, 1.165) is 38.8 Å². The molecule has 2 aliphatic rings. The van der Waals surface area contributed by atoms with Crippen molar-refractivity contribution >= 4 is 28.3 Å². The molecule has 1 spiro atoms. The quantitative estimate of drug-likeness (QED) is 0.502. The second-order valence-corrected chi connectivity index (χ2v) is 9.39. The number of para-hydroxylation sites is 1. The fourth-order valence-electron chi connectivity index (χ4n) is 5.16. The fraction of sp³-hybridized carbons (Fsp3) is 0.214. The average molecular weight is 464 g/mol. The molecule has 2 aromatic carbocycles. The molecule has 1 saturated heterocycles. The molecule has 1 N–H and O–H groups in total. The van der Waals surface area contributed by atoms with E-state index in [0.29, 0.717) is 25.3 Å². The minimum Gasteiger partial charge on any atom is -0.343 e. The van der Waals surface area contributed by atoms with Gasteiger partial charge in [-0.15, -0.1) is 0 Å². The Hall–Kier alpha value is -4.10. The Kier molecular flexibility index (Phi) is 4.89. The number of hydrogen-bond acceptors (Lipinski definition) is 5. The zero-order valence-electron chi connectivity index (χ0n) is 19.7. The Bertz CT molecular complexity index is 1470. The summed E-state index contributed by atoms with van der Waals surface area (Å²) in [7, 11) is 3.42. The van der Waals surface area contributed by atoms with E-state index in [1.807, 2.05) is 53.6 Å². The molecule has 2 amide bonds. The van der Waals surface area contributed by atoms with Crippen molar-refractivity contribution in [3.8, 4) is 11.1 Å². The Morgan fingerprint density at radius 2 is 1.77 bits per heavy atom. The normalized spacial score (nSPS) is 15.8. The van der Waals surface area contributed by atoms with Gasteiger partial charge in [0.15, 0.2) is 0 Å². The second-order valence-electron chi connectivity index (χ2n) is 9.39. The molecule has 174 valence electrons. The van der Waals surface area contributed by atoms with E-state index in [4.69, 9.17) is 4.98 Å². The third kappa shape index (κ3) is 3.23. The van der Waals surface area contributed by atoms with Crippen LogP contribution < -0.4 is 10.2 Å². The Balaban J connectivity index is 1.46. The fourth-order valence-corrected chi connectivity index (χ4v) is 5.16. The smallest absolute Gasteiger partial charge is 0.271 e. The van der Waals surface area contributed by atoms with Gasteiger partial charge in [0.05, 0.1) is 12.2 Å². The molecule has 1 fully saturated rings. The lowest BCUT2D eigenvalue weighted by molar-refractivity contribution is -0.125. The van der Waals surface area contributed by atoms with E-state index in [9.17, 15) is 9.59 Å². The number of amides is 2. The number of carbonyl (C=O) groups excluding carboxylic acids is 2. The third-order valence-electron chi connectivity index (χ3n) is 7.08. The van der Waals surface area contributed by atoms with Gasteiger partial charge < -0.3 is 15.1 Å². The van der Waals surface area contributed by atoms with Gasteiger partial charge in [0, 0.05) is 61.8 Å². The number of nitrogens with one attached hydrogen (secondary N) is 1. The van der Waals surface area contributed by atoms with Crippen molar-refractivity contribution in [3.63, 3.8) is 0 Å². The summed E-state index contributed by atoms with van der Waals surface area (Å²) in [4.78, 5) is 38.7. The lowest BCUT2D eigenvalue weighted by Crippen LogP contribution is -2.61. The van der Waals surface area contributed by atoms with Gasteiger partial charge in [-0.2, -0.15) is 0 Å². The zero-order chi connectivity index (χ0) is 24.2. The van der Waals surface area contributed by atoms with Gasteiger partial charge in [-0.05, 0) is 23.1 Å². The van der Waals surface area contributed by atoms with Crippen LogP contribution >= 0.6 is 0 Å². The summed E-state index contributed by atoms with van der Waals surface area (Å²) in [6.07, 6.45) is 3.58. The molecule has 0 aliphatic carbocycles. The number of rotatable bonds is 4. The highest BCUT2D eigenvalue weighted by molar-refractivity contribution is 6.09. The van der Waals surface area contributed by atoms with Crippen LogP contribution in [0.25, 0.3) is 21.9 Å². The van der Waals surface area contributed by atoms with Gasteiger partial charge >= 0.3 is 0 Å². The summed E-state index contributed by atoms with van der Waals surface area (Å²) in [5, 5.41) is 5.32. The Morgan fingerprint density at radius 1 is 1.00 bits per heavy atom. The van der Waals surface area contributed by atoms with Gasteiger partial charge in [0.2, 0.25) is 5.91 Å². The molecule has 7 nitrogen and oxygen atoms in total. The van der Waals surface area contributed by atoms with Crippen molar-refractivity contribution in [1.29, 1.82) is 0 Å². The second kappa shape index (κ2) is 7.99. The van der Waals surface area contributed by atoms with Crippen molar-refractivity contribution in [2.45, 2.75) is 12.0 Å². The number of aromatic nitrogens is 2. The van der Waals surface area contributed by atoms with Gasteiger partial charge in [-0.25, -0.2) is 0 Å². The van der Waals surface area contributed by atoms with Crippen LogP contribution in [0.1, 0.15) is 21.7 Å². The summed E-state index contributed by atoms with van der Waals surface area (Å²) < 4.78 is 0. The number of carbonyl (C=O) groups is 2. The zero-order valence-corrected chi connectivity index (χ0v) is 19.7. The van der Waals surface area contributed by atoms with Crippen molar-refractivity contribution in [1.82, 2.24) is 20.2 Å². The van der Waals surface area contributed by atoms with E-state index in [-0.39, 0.29) is 11.8 Å². The summed E-state index contributed by atoms with van der Waals surface area (Å²) in [5.41, 5.74) is 4.52. The molecule has 0 radical (unpaired) electrons. The van der Waals surface area contributed by atoms with Crippen molar-refractivity contribution in [3.05, 3.63) is 90.0 Å². The van der Waals surface area contributed by atoms with Gasteiger partial charge in [0.1, 0.15) is 11.1 Å². The Morgan fingerprint density at radius 3 is 2.49 bits per heavy atom. The molecule has 4 heterocycles. The number of pyridine rings is 2. The highest BCUT2D eigenvalue weighted by Gasteiger charge is 2.54. The predicted molar refractivity (Wildman–Crippen MR) is 135 cm³/mol. The molecule has 2 aromatic heterocycles. The van der Waals surface area contributed by atoms with Gasteiger partial charge in [-0.3, -0.25) is 19.6 Å². The van der Waals surface area contributed by atoms with E-state index in [2.05, 4.69) is 22.4 Å². The first-order chi connectivity index (χ1) is 17.0. The molecule has 0 saturated carbocycles. The molecule has 4 aromatic rings. The van der Waals surface area contributed by atoms with Crippen LogP contribution in [0.3, 0.4) is 0 Å². The summed E-state index contributed by atoms with van der Waals surface area (Å²) in [6.45, 7) is 1.67. The molecule has 0 bridgehead atoms. The van der Waals surface area contributed by atoms with E-state index in [1.165, 1.54) is 4.90 Å². The highest BCUT2D eigenvalue weighted by Crippen LogP contribution is 2.45. The van der Waals surface area contributed by atoms with Crippen LogP contribution in [0.4, 0.5) is 5.69 Å². The van der Waals surface area contributed by atoms with Crippen LogP contribution in [-0.4, -0.2) is 53.9 Å². The van der Waals surface area contributed by atoms with E-state index < -0.39 is 5.41 Å². The maximum Gasteiger partial charge on any atom is 0.271 e. The van der Waals surface area contributed by atoms with Crippen LogP contribution in [0.2, 0.25) is 0 Å². The molecular weight excluding hydrogens is 438 g/mol. The van der Waals surface area contributed by atoms with E-state index >= 15 is 0 Å². The minimum absolute atomic E-state index is 0.114. The molecule has 0 unspecified atom stereocenters. The summed E-state index contributed by atoms with van der Waals surface area (Å²) >= 11 is 0. The first-order valence-corrected chi connectivity index (χ1v) is 11.7. The predicted octanol–water partition coefficient (Wildman–Crippen LogP) is 3.39. The molecule has 35 heavy (non-hydrogen) atoms. The van der Waals surface area contributed by atoms with Crippen LogP contribution in [0.15, 0.2) is 73.1 Å². The number of hydrogen-bond donors (Lipinski definition) is 1. The molecule has 0 atom stereocenters. The van der Waals surface area contributed by atoms with Crippen molar-refractivity contribution < 1.29 is 9.59 Å². The lowest BCUT2D eigenvalue weighted by atomic mass is 9.76. The number of benzene rings is 2. The third-order valence-corrected chi connectivity index (χ3v) is 7.08. The molecule has 2 aliphatic heterocycles. The van der Waals surface area contributed by atoms with Gasteiger partial charge in [0.25, 0.3) is 5.91 Å². The largest absolute Gasteiger partial charge is 0.343 e. The van der Waals surface area contributed by atoms with Crippen molar-refractivity contribution in [2.75, 3.05) is 32.1 Å². The molecular formula is C28H25N5O2. The van der Waals surface area contributed by atoms with Crippen molar-refractivity contribution in [2.24, 2.45) is 0 Å². The van der Waals surface area contributed by atoms with Crippen LogP contribution in [0.5, 0.6) is 0 Å². The maximum atomic E-state index is 13.7. The van der Waals surface area contributed by atoms with Crippen LogP contribution in [0, 0.1) is 0 Å². The number of nitrogens with zero attached hydrogens (tertiary/aromatic N) is 4.